The molecule has 1 aromatic carbocycles. The highest BCUT2D eigenvalue weighted by molar-refractivity contribution is 5.14. The van der Waals surface area contributed by atoms with Crippen LogP contribution in [0.2, 0.25) is 0 Å². The van der Waals surface area contributed by atoms with E-state index in [4.69, 9.17) is 0 Å². The summed E-state index contributed by atoms with van der Waals surface area (Å²) >= 11 is 0. The minimum absolute atomic E-state index is 0.202. The van der Waals surface area contributed by atoms with Gasteiger partial charge in [0.25, 0.3) is 0 Å². The summed E-state index contributed by atoms with van der Waals surface area (Å²) in [6, 6.07) is 11.3. The van der Waals surface area contributed by atoms with Gasteiger partial charge in [-0.15, -0.1) is 0 Å². The van der Waals surface area contributed by atoms with E-state index in [1.54, 1.807) is 0 Å². The SMILES string of the molecule is CC[C@@H](O)CN(C)C1C(C)CN(Cc2ccccc2)CC1C. The Morgan fingerprint density at radius 3 is 2.32 bits per heavy atom. The molecule has 2 rings (SSSR count). The van der Waals surface area contributed by atoms with Gasteiger partial charge in [-0.1, -0.05) is 51.1 Å². The van der Waals surface area contributed by atoms with Crippen molar-refractivity contribution in [1.82, 2.24) is 9.80 Å². The van der Waals surface area contributed by atoms with Crippen molar-refractivity contribution in [3.63, 3.8) is 0 Å². The van der Waals surface area contributed by atoms with E-state index in [0.717, 1.165) is 32.6 Å². The van der Waals surface area contributed by atoms with Crippen molar-refractivity contribution in [2.24, 2.45) is 11.8 Å². The van der Waals surface area contributed by atoms with Crippen molar-refractivity contribution in [3.8, 4) is 0 Å². The molecule has 1 aliphatic rings. The van der Waals surface area contributed by atoms with Gasteiger partial charge in [0.1, 0.15) is 0 Å². The van der Waals surface area contributed by atoms with Crippen LogP contribution in [0.15, 0.2) is 30.3 Å². The number of piperidine rings is 1. The first-order chi connectivity index (χ1) is 10.5. The zero-order chi connectivity index (χ0) is 16.1. The fourth-order valence-corrected chi connectivity index (χ4v) is 4.09. The van der Waals surface area contributed by atoms with Crippen LogP contribution in [0.1, 0.15) is 32.8 Å². The maximum atomic E-state index is 9.93. The minimum atomic E-state index is -0.202. The van der Waals surface area contributed by atoms with Crippen LogP contribution in [0.5, 0.6) is 0 Å². The van der Waals surface area contributed by atoms with E-state index in [1.807, 2.05) is 6.92 Å². The molecule has 3 nitrogen and oxygen atoms in total. The van der Waals surface area contributed by atoms with Crippen LogP contribution in [0.4, 0.5) is 0 Å². The molecule has 124 valence electrons. The zero-order valence-corrected chi connectivity index (χ0v) is 14.6. The predicted octanol–water partition coefficient (Wildman–Crippen LogP) is 2.85. The van der Waals surface area contributed by atoms with Crippen LogP contribution >= 0.6 is 0 Å². The molecule has 0 aliphatic carbocycles. The Morgan fingerprint density at radius 2 is 1.77 bits per heavy atom. The number of likely N-dealkylation sites (N-methyl/N-ethyl adjacent to an activating group) is 1. The second-order valence-corrected chi connectivity index (χ2v) is 7.13. The molecule has 1 fully saturated rings. The van der Waals surface area contributed by atoms with Crippen molar-refractivity contribution >= 4 is 0 Å². The zero-order valence-electron chi connectivity index (χ0n) is 14.6. The summed E-state index contributed by atoms with van der Waals surface area (Å²) in [5, 5.41) is 9.93. The van der Waals surface area contributed by atoms with Crippen molar-refractivity contribution in [1.29, 1.82) is 0 Å². The average molecular weight is 304 g/mol. The molecule has 0 aromatic heterocycles. The molecule has 1 N–H and O–H groups in total. The minimum Gasteiger partial charge on any atom is -0.392 e. The van der Waals surface area contributed by atoms with Crippen LogP contribution in [-0.4, -0.2) is 53.7 Å². The molecule has 1 aliphatic heterocycles. The number of likely N-dealkylation sites (tertiary alicyclic amines) is 1. The van der Waals surface area contributed by atoms with Crippen LogP contribution in [0, 0.1) is 11.8 Å². The molecule has 2 unspecified atom stereocenters. The molecule has 0 saturated carbocycles. The number of aliphatic hydroxyl groups excluding tert-OH is 1. The summed E-state index contributed by atoms with van der Waals surface area (Å²) in [5.41, 5.74) is 1.40. The van der Waals surface area contributed by atoms with Crippen molar-refractivity contribution in [3.05, 3.63) is 35.9 Å². The molecule has 3 atom stereocenters. The standard InChI is InChI=1S/C19H32N2O/c1-5-18(22)14-20(4)19-15(2)11-21(12-16(19)3)13-17-9-7-6-8-10-17/h6-10,15-16,18-19,22H,5,11-14H2,1-4H3/t15?,16?,18-,19?/m1/s1. The Hall–Kier alpha value is -0.900. The molecule has 22 heavy (non-hydrogen) atoms. The third-order valence-electron chi connectivity index (χ3n) is 4.99. The molecular formula is C19H32N2O. The lowest BCUT2D eigenvalue weighted by atomic mass is 9.84. The van der Waals surface area contributed by atoms with Gasteiger partial charge in [0, 0.05) is 32.2 Å². The van der Waals surface area contributed by atoms with E-state index >= 15 is 0 Å². The molecule has 0 bridgehead atoms. The predicted molar refractivity (Wildman–Crippen MR) is 92.8 cm³/mol. The van der Waals surface area contributed by atoms with E-state index in [0.29, 0.717) is 17.9 Å². The fraction of sp³-hybridized carbons (Fsp3) is 0.684. The average Bonchev–Trinajstić information content (AvgIpc) is 2.47. The molecule has 0 radical (unpaired) electrons. The number of benzene rings is 1. The first kappa shape index (κ1) is 17.5. The maximum Gasteiger partial charge on any atom is 0.0664 e. The Kier molecular flexibility index (Phi) is 6.42. The highest BCUT2D eigenvalue weighted by Gasteiger charge is 2.34. The largest absolute Gasteiger partial charge is 0.392 e. The Labute approximate surface area is 135 Å². The van der Waals surface area contributed by atoms with Gasteiger partial charge in [0.05, 0.1) is 6.10 Å². The number of aliphatic hydroxyl groups is 1. The second kappa shape index (κ2) is 8.09. The maximum absolute atomic E-state index is 9.93. The summed E-state index contributed by atoms with van der Waals surface area (Å²) < 4.78 is 0. The van der Waals surface area contributed by atoms with Gasteiger partial charge in [-0.2, -0.15) is 0 Å². The summed E-state index contributed by atoms with van der Waals surface area (Å²) in [7, 11) is 2.17. The highest BCUT2D eigenvalue weighted by Crippen LogP contribution is 2.27. The second-order valence-electron chi connectivity index (χ2n) is 7.13. The van der Waals surface area contributed by atoms with Crippen LogP contribution in [0.25, 0.3) is 0 Å². The van der Waals surface area contributed by atoms with Gasteiger partial charge in [0.2, 0.25) is 0 Å². The number of nitrogens with zero attached hydrogens (tertiary/aromatic N) is 2. The molecule has 1 heterocycles. The van der Waals surface area contributed by atoms with E-state index in [2.05, 4.69) is 61.0 Å². The quantitative estimate of drug-likeness (QED) is 0.875. The number of hydrogen-bond donors (Lipinski definition) is 1. The smallest absolute Gasteiger partial charge is 0.0664 e. The Balaban J connectivity index is 1.93. The van der Waals surface area contributed by atoms with E-state index in [9.17, 15) is 5.11 Å². The monoisotopic (exact) mass is 304 g/mol. The molecule has 0 amide bonds. The molecule has 0 spiro atoms. The summed E-state index contributed by atoms with van der Waals surface area (Å²) in [4.78, 5) is 4.95. The summed E-state index contributed by atoms with van der Waals surface area (Å²) in [6.45, 7) is 10.9. The first-order valence-electron chi connectivity index (χ1n) is 8.65. The van der Waals surface area contributed by atoms with E-state index in [-0.39, 0.29) is 6.10 Å². The Bertz CT molecular complexity index is 424. The lowest BCUT2D eigenvalue weighted by molar-refractivity contribution is 0.00995. The van der Waals surface area contributed by atoms with Crippen molar-refractivity contribution in [2.75, 3.05) is 26.7 Å². The fourth-order valence-electron chi connectivity index (χ4n) is 4.09. The normalized spacial score (nSPS) is 28.0. The number of hydrogen-bond acceptors (Lipinski definition) is 3. The molecular weight excluding hydrogens is 272 g/mol. The third kappa shape index (κ3) is 4.55. The lowest BCUT2D eigenvalue weighted by Gasteiger charge is -2.46. The van der Waals surface area contributed by atoms with Gasteiger partial charge < -0.3 is 10.0 Å². The van der Waals surface area contributed by atoms with Crippen molar-refractivity contribution in [2.45, 2.75) is 45.9 Å². The Morgan fingerprint density at radius 1 is 1.18 bits per heavy atom. The van der Waals surface area contributed by atoms with E-state index < -0.39 is 0 Å². The van der Waals surface area contributed by atoms with Crippen LogP contribution < -0.4 is 0 Å². The molecule has 3 heteroatoms. The summed E-state index contributed by atoms with van der Waals surface area (Å²) in [6.07, 6.45) is 0.631. The van der Waals surface area contributed by atoms with Gasteiger partial charge in [-0.3, -0.25) is 4.90 Å². The highest BCUT2D eigenvalue weighted by atomic mass is 16.3. The van der Waals surface area contributed by atoms with Gasteiger partial charge in [-0.25, -0.2) is 0 Å². The lowest BCUT2D eigenvalue weighted by Crippen LogP contribution is -2.54. The third-order valence-corrected chi connectivity index (χ3v) is 4.99. The van der Waals surface area contributed by atoms with Crippen LogP contribution in [0.3, 0.4) is 0 Å². The number of rotatable bonds is 6. The topological polar surface area (TPSA) is 26.7 Å². The van der Waals surface area contributed by atoms with E-state index in [1.165, 1.54) is 5.56 Å². The van der Waals surface area contributed by atoms with Gasteiger partial charge >= 0.3 is 0 Å². The van der Waals surface area contributed by atoms with Gasteiger partial charge in [0.15, 0.2) is 0 Å². The van der Waals surface area contributed by atoms with Crippen LogP contribution in [-0.2, 0) is 6.54 Å². The first-order valence-corrected chi connectivity index (χ1v) is 8.65. The van der Waals surface area contributed by atoms with Gasteiger partial charge in [-0.05, 0) is 30.9 Å². The summed E-state index contributed by atoms with van der Waals surface area (Å²) in [5.74, 6) is 1.25. The molecule has 1 saturated heterocycles. The van der Waals surface area contributed by atoms with Crippen molar-refractivity contribution < 1.29 is 5.11 Å². The molecule has 1 aromatic rings.